The predicted octanol–water partition coefficient (Wildman–Crippen LogP) is 18.8. The molecule has 66 heavy (non-hydrogen) atoms. The van der Waals surface area contributed by atoms with Crippen LogP contribution in [0.4, 0.5) is 0 Å². The number of ether oxygens (including phenoxy) is 3. The molecule has 376 valence electrons. The van der Waals surface area contributed by atoms with Gasteiger partial charge in [0.05, 0.1) is 6.61 Å². The molecule has 0 rings (SSSR count). The topological polar surface area (TPSA) is 61.8 Å². The van der Waals surface area contributed by atoms with Crippen molar-refractivity contribution in [1.82, 2.24) is 0 Å². The maximum Gasteiger partial charge on any atom is 0.306 e. The van der Waals surface area contributed by atoms with Crippen LogP contribution >= 0.6 is 0 Å². The first-order valence-corrected chi connectivity index (χ1v) is 27.4. The predicted molar refractivity (Wildman–Crippen MR) is 288 cm³/mol. The largest absolute Gasteiger partial charge is 0.462 e. The highest BCUT2D eigenvalue weighted by molar-refractivity contribution is 5.70. The average molecular weight is 915 g/mol. The van der Waals surface area contributed by atoms with Gasteiger partial charge in [0.25, 0.3) is 0 Å². The zero-order chi connectivity index (χ0) is 47.7. The highest BCUT2D eigenvalue weighted by atomic mass is 16.6. The third-order valence-corrected chi connectivity index (χ3v) is 11.3. The number of carbonyl (C=O) groups is 2. The summed E-state index contributed by atoms with van der Waals surface area (Å²) in [6, 6.07) is 0. The monoisotopic (exact) mass is 915 g/mol. The Bertz CT molecular complexity index is 1310. The molecule has 0 bridgehead atoms. The highest BCUT2D eigenvalue weighted by Gasteiger charge is 2.17. The standard InChI is InChI=1S/C61H102O5/c1-4-7-10-13-16-19-22-25-27-29-30-31-33-35-38-41-44-47-50-53-56-64-57-59(66-61(63)55-52-49-46-43-40-36-24-21-18-15-12-9-6-3)58-65-60(62)54-51-48-45-42-39-37-34-32-28-26-23-20-17-14-11-8-5-2/h8-9,11-12,16-21,25-28,34,36-37,40,59H,4-7,10,13-15,22-24,29-33,35,38-39,41-58H2,1-3H3/b11-8-,12-9-,19-16-,20-17-,21-18-,27-25-,28-26-,37-34-,40-36-. The Morgan fingerprint density at radius 3 is 1.11 bits per heavy atom. The van der Waals surface area contributed by atoms with Gasteiger partial charge >= 0.3 is 11.9 Å². The van der Waals surface area contributed by atoms with Crippen molar-refractivity contribution >= 4 is 11.9 Å². The second-order valence-electron chi connectivity index (χ2n) is 17.7. The van der Waals surface area contributed by atoms with E-state index in [0.717, 1.165) is 122 Å². The summed E-state index contributed by atoms with van der Waals surface area (Å²) < 4.78 is 17.4. The molecule has 0 aromatic rings. The Labute approximate surface area is 408 Å². The van der Waals surface area contributed by atoms with Crippen LogP contribution in [-0.4, -0.2) is 37.9 Å². The Hall–Kier alpha value is -3.44. The van der Waals surface area contributed by atoms with Crippen LogP contribution < -0.4 is 0 Å². The third-order valence-electron chi connectivity index (χ3n) is 11.3. The fourth-order valence-corrected chi connectivity index (χ4v) is 7.25. The molecule has 5 nitrogen and oxygen atoms in total. The van der Waals surface area contributed by atoms with Gasteiger partial charge in [0.2, 0.25) is 0 Å². The van der Waals surface area contributed by atoms with Gasteiger partial charge in [-0.15, -0.1) is 0 Å². The molecule has 0 aliphatic rings. The minimum absolute atomic E-state index is 0.0537. The van der Waals surface area contributed by atoms with Crippen LogP contribution in [0, 0.1) is 0 Å². The first kappa shape index (κ1) is 62.6. The fourth-order valence-electron chi connectivity index (χ4n) is 7.25. The Morgan fingerprint density at radius 1 is 0.348 bits per heavy atom. The minimum atomic E-state index is -0.570. The molecule has 0 saturated carbocycles. The zero-order valence-corrected chi connectivity index (χ0v) is 43.2. The molecular formula is C61H102O5. The lowest BCUT2D eigenvalue weighted by atomic mass is 10.1. The first-order chi connectivity index (χ1) is 32.6. The van der Waals surface area contributed by atoms with Crippen LogP contribution in [0.1, 0.15) is 239 Å². The van der Waals surface area contributed by atoms with E-state index >= 15 is 0 Å². The van der Waals surface area contributed by atoms with E-state index in [-0.39, 0.29) is 25.2 Å². The summed E-state index contributed by atoms with van der Waals surface area (Å²) in [5.74, 6) is -0.463. The van der Waals surface area contributed by atoms with Gasteiger partial charge in [0, 0.05) is 19.4 Å². The summed E-state index contributed by atoms with van der Waals surface area (Å²) in [7, 11) is 0. The normalized spacial score (nSPS) is 13.1. The van der Waals surface area contributed by atoms with Crippen molar-refractivity contribution in [2.75, 3.05) is 19.8 Å². The number of hydrogen-bond acceptors (Lipinski definition) is 5. The molecule has 0 aliphatic carbocycles. The van der Waals surface area contributed by atoms with Crippen LogP contribution in [0.15, 0.2) is 109 Å². The summed E-state index contributed by atoms with van der Waals surface area (Å²) in [5.41, 5.74) is 0. The Balaban J connectivity index is 4.33. The molecule has 5 heteroatoms. The van der Waals surface area contributed by atoms with Crippen molar-refractivity contribution in [3.63, 3.8) is 0 Å². The molecule has 0 radical (unpaired) electrons. The molecule has 0 aliphatic heterocycles. The van der Waals surface area contributed by atoms with Crippen LogP contribution in [-0.2, 0) is 23.8 Å². The second-order valence-corrected chi connectivity index (χ2v) is 17.7. The Kier molecular flexibility index (Phi) is 53.0. The molecule has 0 N–H and O–H groups in total. The van der Waals surface area contributed by atoms with Crippen molar-refractivity contribution in [1.29, 1.82) is 0 Å². The maximum absolute atomic E-state index is 12.8. The number of allylic oxidation sites excluding steroid dienone is 18. The number of carbonyl (C=O) groups excluding carboxylic acids is 2. The molecule has 0 saturated heterocycles. The van der Waals surface area contributed by atoms with Crippen LogP contribution in [0.2, 0.25) is 0 Å². The lowest BCUT2D eigenvalue weighted by molar-refractivity contribution is -0.163. The van der Waals surface area contributed by atoms with Gasteiger partial charge in [-0.25, -0.2) is 0 Å². The molecule has 1 atom stereocenters. The van der Waals surface area contributed by atoms with Gasteiger partial charge in [0.15, 0.2) is 6.10 Å². The average Bonchev–Trinajstić information content (AvgIpc) is 3.32. The zero-order valence-electron chi connectivity index (χ0n) is 43.2. The highest BCUT2D eigenvalue weighted by Crippen LogP contribution is 2.13. The second kappa shape index (κ2) is 55.9. The quantitative estimate of drug-likeness (QED) is 0.0346. The number of esters is 2. The van der Waals surface area contributed by atoms with Gasteiger partial charge in [-0.3, -0.25) is 9.59 Å². The summed E-state index contributed by atoms with van der Waals surface area (Å²) in [6.07, 6.45) is 76.8. The molecule has 1 unspecified atom stereocenters. The lowest BCUT2D eigenvalue weighted by Gasteiger charge is -2.18. The van der Waals surface area contributed by atoms with Gasteiger partial charge in [-0.1, -0.05) is 214 Å². The van der Waals surface area contributed by atoms with E-state index in [2.05, 4.69) is 130 Å². The van der Waals surface area contributed by atoms with Crippen molar-refractivity contribution in [3.05, 3.63) is 109 Å². The number of unbranched alkanes of at least 4 members (excludes halogenated alkanes) is 20. The van der Waals surface area contributed by atoms with E-state index in [9.17, 15) is 9.59 Å². The van der Waals surface area contributed by atoms with E-state index in [1.54, 1.807) is 0 Å². The summed E-state index contributed by atoms with van der Waals surface area (Å²) in [5, 5.41) is 0. The maximum atomic E-state index is 12.8. The molecule has 0 heterocycles. The van der Waals surface area contributed by atoms with Gasteiger partial charge < -0.3 is 14.2 Å². The molecule has 0 amide bonds. The Morgan fingerprint density at radius 2 is 0.682 bits per heavy atom. The van der Waals surface area contributed by atoms with Crippen LogP contribution in [0.3, 0.4) is 0 Å². The van der Waals surface area contributed by atoms with Crippen molar-refractivity contribution in [3.8, 4) is 0 Å². The number of rotatable bonds is 49. The molecule has 0 aromatic carbocycles. The van der Waals surface area contributed by atoms with Gasteiger partial charge in [0.1, 0.15) is 6.61 Å². The minimum Gasteiger partial charge on any atom is -0.462 e. The van der Waals surface area contributed by atoms with Gasteiger partial charge in [-0.2, -0.15) is 0 Å². The smallest absolute Gasteiger partial charge is 0.306 e. The van der Waals surface area contributed by atoms with E-state index in [1.807, 2.05) is 0 Å². The number of hydrogen-bond donors (Lipinski definition) is 0. The lowest BCUT2D eigenvalue weighted by Crippen LogP contribution is -2.30. The third kappa shape index (κ3) is 53.2. The van der Waals surface area contributed by atoms with E-state index < -0.39 is 6.10 Å². The van der Waals surface area contributed by atoms with Crippen molar-refractivity contribution < 1.29 is 23.8 Å². The van der Waals surface area contributed by atoms with Crippen LogP contribution in [0.5, 0.6) is 0 Å². The molecular weight excluding hydrogens is 813 g/mol. The van der Waals surface area contributed by atoms with E-state index in [4.69, 9.17) is 14.2 Å². The van der Waals surface area contributed by atoms with Crippen molar-refractivity contribution in [2.45, 2.75) is 245 Å². The molecule has 0 fully saturated rings. The molecule has 0 aromatic heterocycles. The first-order valence-electron chi connectivity index (χ1n) is 27.4. The molecule has 0 spiro atoms. The summed E-state index contributed by atoms with van der Waals surface area (Å²) in [6.45, 7) is 7.51. The van der Waals surface area contributed by atoms with E-state index in [1.165, 1.54) is 83.5 Å². The SMILES string of the molecule is CC/C=C\C/C=C\C/C=C\C/C=C\CCCCCCC(=O)OCC(COCCCCCCCCCCCC/C=C\C/C=C\CCCCC)OC(=O)CCCCC/C=C\C/C=C\C/C=C\CC. The van der Waals surface area contributed by atoms with Crippen molar-refractivity contribution in [2.24, 2.45) is 0 Å². The fraction of sp³-hybridized carbons (Fsp3) is 0.672. The van der Waals surface area contributed by atoms with Crippen LogP contribution in [0.25, 0.3) is 0 Å². The van der Waals surface area contributed by atoms with E-state index in [0.29, 0.717) is 19.4 Å². The van der Waals surface area contributed by atoms with Gasteiger partial charge in [-0.05, 0) is 122 Å². The summed E-state index contributed by atoms with van der Waals surface area (Å²) >= 11 is 0. The summed E-state index contributed by atoms with van der Waals surface area (Å²) in [4.78, 5) is 25.4.